The van der Waals surface area contributed by atoms with Crippen molar-refractivity contribution in [1.29, 1.82) is 0 Å². The molecule has 0 fully saturated rings. The fourth-order valence-electron chi connectivity index (χ4n) is 1.96. The third kappa shape index (κ3) is 3.29. The van der Waals surface area contributed by atoms with Gasteiger partial charge in [0.05, 0.1) is 6.54 Å². The van der Waals surface area contributed by atoms with Crippen molar-refractivity contribution < 1.29 is 4.79 Å². The molecule has 2 rings (SSSR count). The van der Waals surface area contributed by atoms with Crippen molar-refractivity contribution in [1.82, 2.24) is 15.2 Å². The maximum absolute atomic E-state index is 11.7. The maximum Gasteiger partial charge on any atom is 0.236 e. The Hall–Kier alpha value is -1.94. The van der Waals surface area contributed by atoms with E-state index < -0.39 is 0 Å². The van der Waals surface area contributed by atoms with E-state index in [1.165, 1.54) is 10.9 Å². The zero-order valence-corrected chi connectivity index (χ0v) is 11.4. The molecule has 2 aromatic rings. The minimum atomic E-state index is 0.115. The Morgan fingerprint density at radius 1 is 1.37 bits per heavy atom. The van der Waals surface area contributed by atoms with Gasteiger partial charge in [0.2, 0.25) is 5.91 Å². The number of aromatic nitrogens is 1. The lowest BCUT2D eigenvalue weighted by Gasteiger charge is -2.15. The second kappa shape index (κ2) is 6.29. The quantitative estimate of drug-likeness (QED) is 0.888. The van der Waals surface area contributed by atoms with Crippen LogP contribution in [0.4, 0.5) is 0 Å². The standard InChI is InChI=1S/C15H19N3O/c1-3-18(2)15(19)11-17-10-13-6-4-5-12-9-16-8-7-14(12)13/h4-9,17H,3,10-11H2,1-2H3. The fraction of sp³-hybridized carbons (Fsp3) is 0.333. The Bertz CT molecular complexity index is 563. The monoisotopic (exact) mass is 257 g/mol. The molecule has 4 heteroatoms. The molecule has 0 aliphatic rings. The van der Waals surface area contributed by atoms with Gasteiger partial charge in [0.25, 0.3) is 0 Å². The van der Waals surface area contributed by atoms with E-state index in [4.69, 9.17) is 0 Å². The molecule has 0 aliphatic carbocycles. The molecule has 0 aliphatic heterocycles. The van der Waals surface area contributed by atoms with Gasteiger partial charge in [-0.05, 0) is 23.9 Å². The van der Waals surface area contributed by atoms with Crippen molar-refractivity contribution in [2.45, 2.75) is 13.5 Å². The zero-order chi connectivity index (χ0) is 13.7. The van der Waals surface area contributed by atoms with E-state index in [1.54, 1.807) is 11.1 Å². The molecule has 0 saturated carbocycles. The van der Waals surface area contributed by atoms with Crippen LogP contribution < -0.4 is 5.32 Å². The van der Waals surface area contributed by atoms with Crippen molar-refractivity contribution in [2.75, 3.05) is 20.1 Å². The molecule has 0 bridgehead atoms. The second-order valence-electron chi connectivity index (χ2n) is 4.53. The average Bonchev–Trinajstić information content (AvgIpc) is 2.46. The molecule has 0 unspecified atom stereocenters. The summed E-state index contributed by atoms with van der Waals surface area (Å²) >= 11 is 0. The number of rotatable bonds is 5. The first kappa shape index (κ1) is 13.5. The predicted octanol–water partition coefficient (Wildman–Crippen LogP) is 1.80. The number of pyridine rings is 1. The van der Waals surface area contributed by atoms with Crippen LogP contribution in [-0.4, -0.2) is 35.9 Å². The summed E-state index contributed by atoms with van der Waals surface area (Å²) in [5.41, 5.74) is 1.19. The van der Waals surface area contributed by atoms with Crippen molar-refractivity contribution in [3.63, 3.8) is 0 Å². The Labute approximate surface area is 113 Å². The number of carbonyl (C=O) groups excluding carboxylic acids is 1. The SMILES string of the molecule is CCN(C)C(=O)CNCc1cccc2cnccc12. The van der Waals surface area contributed by atoms with Gasteiger partial charge < -0.3 is 10.2 Å². The number of nitrogens with one attached hydrogen (secondary N) is 1. The molecule has 1 aromatic heterocycles. The minimum Gasteiger partial charge on any atom is -0.345 e. The lowest BCUT2D eigenvalue weighted by molar-refractivity contribution is -0.128. The number of hydrogen-bond acceptors (Lipinski definition) is 3. The van der Waals surface area contributed by atoms with E-state index in [9.17, 15) is 4.79 Å². The van der Waals surface area contributed by atoms with E-state index in [1.807, 2.05) is 38.4 Å². The Morgan fingerprint density at radius 2 is 2.21 bits per heavy atom. The molecule has 0 atom stereocenters. The van der Waals surface area contributed by atoms with Crippen LogP contribution in [0, 0.1) is 0 Å². The molecule has 19 heavy (non-hydrogen) atoms. The topological polar surface area (TPSA) is 45.2 Å². The normalized spacial score (nSPS) is 10.6. The van der Waals surface area contributed by atoms with Gasteiger partial charge in [-0.1, -0.05) is 18.2 Å². The van der Waals surface area contributed by atoms with Crippen molar-refractivity contribution >= 4 is 16.7 Å². The minimum absolute atomic E-state index is 0.115. The summed E-state index contributed by atoms with van der Waals surface area (Å²) in [5, 5.41) is 5.50. The van der Waals surface area contributed by atoms with E-state index in [0.29, 0.717) is 13.1 Å². The lowest BCUT2D eigenvalue weighted by atomic mass is 10.1. The van der Waals surface area contributed by atoms with Crippen LogP contribution in [0.25, 0.3) is 10.8 Å². The molecule has 1 amide bonds. The zero-order valence-electron chi connectivity index (χ0n) is 11.4. The highest BCUT2D eigenvalue weighted by Crippen LogP contribution is 2.16. The van der Waals surface area contributed by atoms with Crippen molar-refractivity contribution in [3.8, 4) is 0 Å². The summed E-state index contributed by atoms with van der Waals surface area (Å²) in [6.07, 6.45) is 3.65. The van der Waals surface area contributed by atoms with Gasteiger partial charge in [0.1, 0.15) is 0 Å². The highest BCUT2D eigenvalue weighted by Gasteiger charge is 2.06. The largest absolute Gasteiger partial charge is 0.345 e. The van der Waals surface area contributed by atoms with Gasteiger partial charge in [-0.2, -0.15) is 0 Å². The Kier molecular flexibility index (Phi) is 4.47. The molecular formula is C15H19N3O. The van der Waals surface area contributed by atoms with Crippen LogP contribution in [0.5, 0.6) is 0 Å². The van der Waals surface area contributed by atoms with Crippen LogP contribution in [0.2, 0.25) is 0 Å². The average molecular weight is 257 g/mol. The summed E-state index contributed by atoms with van der Waals surface area (Å²) in [6.45, 7) is 3.76. The Morgan fingerprint density at radius 3 is 3.00 bits per heavy atom. The molecule has 4 nitrogen and oxygen atoms in total. The third-order valence-electron chi connectivity index (χ3n) is 3.26. The third-order valence-corrected chi connectivity index (χ3v) is 3.26. The van der Waals surface area contributed by atoms with E-state index in [2.05, 4.69) is 16.4 Å². The fourth-order valence-corrected chi connectivity index (χ4v) is 1.96. The first-order valence-electron chi connectivity index (χ1n) is 6.48. The second-order valence-corrected chi connectivity index (χ2v) is 4.53. The molecule has 100 valence electrons. The maximum atomic E-state index is 11.7. The summed E-state index contributed by atoms with van der Waals surface area (Å²) in [4.78, 5) is 17.5. The number of amides is 1. The summed E-state index contributed by atoms with van der Waals surface area (Å²) in [7, 11) is 1.81. The van der Waals surface area contributed by atoms with Crippen LogP contribution in [-0.2, 0) is 11.3 Å². The van der Waals surface area contributed by atoms with Crippen LogP contribution in [0.3, 0.4) is 0 Å². The summed E-state index contributed by atoms with van der Waals surface area (Å²) in [5.74, 6) is 0.115. The van der Waals surface area contributed by atoms with Gasteiger partial charge >= 0.3 is 0 Å². The molecule has 0 radical (unpaired) electrons. The molecule has 1 aromatic carbocycles. The molecular weight excluding hydrogens is 238 g/mol. The number of nitrogens with zero attached hydrogens (tertiary/aromatic N) is 2. The molecule has 0 spiro atoms. The number of carbonyl (C=O) groups is 1. The smallest absolute Gasteiger partial charge is 0.236 e. The molecule has 1 N–H and O–H groups in total. The van der Waals surface area contributed by atoms with Gasteiger partial charge in [-0.25, -0.2) is 0 Å². The van der Waals surface area contributed by atoms with Gasteiger partial charge in [0.15, 0.2) is 0 Å². The first-order valence-corrected chi connectivity index (χ1v) is 6.48. The van der Waals surface area contributed by atoms with E-state index in [0.717, 1.165) is 11.9 Å². The van der Waals surface area contributed by atoms with Crippen LogP contribution in [0.1, 0.15) is 12.5 Å². The number of likely N-dealkylation sites (N-methyl/N-ethyl adjacent to an activating group) is 1. The number of benzene rings is 1. The van der Waals surface area contributed by atoms with Crippen molar-refractivity contribution in [3.05, 3.63) is 42.2 Å². The van der Waals surface area contributed by atoms with Crippen LogP contribution >= 0.6 is 0 Å². The highest BCUT2D eigenvalue weighted by molar-refractivity contribution is 5.84. The molecule has 1 heterocycles. The van der Waals surface area contributed by atoms with Gasteiger partial charge in [-0.15, -0.1) is 0 Å². The highest BCUT2D eigenvalue weighted by atomic mass is 16.2. The first-order chi connectivity index (χ1) is 9.22. The van der Waals surface area contributed by atoms with E-state index in [-0.39, 0.29) is 5.91 Å². The van der Waals surface area contributed by atoms with Crippen LogP contribution in [0.15, 0.2) is 36.7 Å². The van der Waals surface area contributed by atoms with E-state index >= 15 is 0 Å². The predicted molar refractivity (Wildman–Crippen MR) is 76.8 cm³/mol. The van der Waals surface area contributed by atoms with Gasteiger partial charge in [0, 0.05) is 37.9 Å². The lowest BCUT2D eigenvalue weighted by Crippen LogP contribution is -2.35. The molecule has 0 saturated heterocycles. The van der Waals surface area contributed by atoms with Gasteiger partial charge in [-0.3, -0.25) is 9.78 Å². The number of fused-ring (bicyclic) bond motifs is 1. The summed E-state index contributed by atoms with van der Waals surface area (Å²) in [6, 6.07) is 8.14. The Balaban J connectivity index is 2.01. The summed E-state index contributed by atoms with van der Waals surface area (Å²) < 4.78 is 0. The number of hydrogen-bond donors (Lipinski definition) is 1. The van der Waals surface area contributed by atoms with Crippen molar-refractivity contribution in [2.24, 2.45) is 0 Å².